The molecule has 3 N–H and O–H groups in total. The van der Waals surface area contributed by atoms with E-state index in [-0.39, 0.29) is 22.8 Å². The van der Waals surface area contributed by atoms with Gasteiger partial charge in [-0.15, -0.1) is 11.3 Å². The van der Waals surface area contributed by atoms with Crippen LogP contribution in [0.4, 0.5) is 0 Å². The third kappa shape index (κ3) is 6.64. The summed E-state index contributed by atoms with van der Waals surface area (Å²) in [4.78, 5) is 18.6. The Morgan fingerprint density at radius 3 is 1.93 bits per heavy atom. The summed E-state index contributed by atoms with van der Waals surface area (Å²) < 4.78 is 31.2. The van der Waals surface area contributed by atoms with Crippen molar-refractivity contribution in [3.63, 3.8) is 0 Å². The number of hydrogen-bond donors (Lipinski definition) is 2. The molecule has 7 nitrogen and oxygen atoms in total. The Labute approximate surface area is 250 Å². The summed E-state index contributed by atoms with van der Waals surface area (Å²) in [6, 6.07) is 29.0. The Kier molecular flexibility index (Phi) is 8.91. The highest BCUT2D eigenvalue weighted by atomic mass is 32.2. The number of sulfonamides is 1. The Balaban J connectivity index is 1.49. The van der Waals surface area contributed by atoms with Crippen LogP contribution < -0.4 is 5.14 Å². The maximum absolute atomic E-state index is 13.8. The molecule has 0 amide bonds. The molecule has 4 aromatic rings. The minimum atomic E-state index is -4.14. The molecule has 0 bridgehead atoms. The van der Waals surface area contributed by atoms with Crippen LogP contribution in [0.2, 0.25) is 0 Å². The summed E-state index contributed by atoms with van der Waals surface area (Å²) in [5.41, 5.74) is 2.14. The predicted molar refractivity (Wildman–Crippen MR) is 165 cm³/mol. The Bertz CT molecular complexity index is 1620. The summed E-state index contributed by atoms with van der Waals surface area (Å²) in [7, 11) is -4.14. The van der Waals surface area contributed by atoms with Crippen LogP contribution in [0.15, 0.2) is 107 Å². The number of primary sulfonamides is 1. The molecule has 0 radical (unpaired) electrons. The molecule has 1 atom stereocenters. The number of benzene rings is 3. The van der Waals surface area contributed by atoms with Crippen molar-refractivity contribution in [2.24, 2.45) is 5.14 Å². The number of rotatable bonds is 11. The Morgan fingerprint density at radius 1 is 0.929 bits per heavy atom. The SMILES string of the molecule is CCC(C1=C(O)CC(CCc2ccccc2)(CCc2ccccc2)OC1=O)c1nc(S(N)(=O)=O)c(-c2ccccc2)s1. The molecule has 2 heterocycles. The topological polar surface area (TPSA) is 120 Å². The molecular weight excluding hydrogens is 569 g/mol. The van der Waals surface area contributed by atoms with Gasteiger partial charge in [0.15, 0.2) is 5.03 Å². The van der Waals surface area contributed by atoms with E-state index in [4.69, 9.17) is 9.88 Å². The van der Waals surface area contributed by atoms with E-state index in [9.17, 15) is 18.3 Å². The number of carbonyl (C=O) groups excluding carboxylic acids is 1. The minimum Gasteiger partial charge on any atom is -0.512 e. The van der Waals surface area contributed by atoms with Gasteiger partial charge in [-0.2, -0.15) is 0 Å². The summed E-state index contributed by atoms with van der Waals surface area (Å²) in [6.45, 7) is 1.87. The molecule has 1 aromatic heterocycles. The fourth-order valence-electron chi connectivity index (χ4n) is 5.52. The highest BCUT2D eigenvalue weighted by Crippen LogP contribution is 2.44. The molecule has 3 aromatic carbocycles. The van der Waals surface area contributed by atoms with Gasteiger partial charge < -0.3 is 9.84 Å². The molecule has 1 unspecified atom stereocenters. The van der Waals surface area contributed by atoms with Crippen LogP contribution in [0.1, 0.15) is 54.7 Å². The van der Waals surface area contributed by atoms with Crippen LogP contribution in [0.25, 0.3) is 10.4 Å². The van der Waals surface area contributed by atoms with Crippen molar-refractivity contribution >= 4 is 27.3 Å². The number of aryl methyl sites for hydroxylation is 2. The van der Waals surface area contributed by atoms with E-state index in [1.165, 1.54) is 0 Å². The second-order valence-electron chi connectivity index (χ2n) is 10.6. The van der Waals surface area contributed by atoms with Gasteiger partial charge in [0.2, 0.25) is 0 Å². The molecule has 9 heteroatoms. The van der Waals surface area contributed by atoms with Gasteiger partial charge in [-0.05, 0) is 48.8 Å². The first-order valence-electron chi connectivity index (χ1n) is 14.0. The highest BCUT2D eigenvalue weighted by Gasteiger charge is 2.44. The maximum atomic E-state index is 13.8. The van der Waals surface area contributed by atoms with E-state index >= 15 is 0 Å². The van der Waals surface area contributed by atoms with E-state index in [1.54, 1.807) is 24.3 Å². The molecule has 0 saturated heterocycles. The molecule has 0 aliphatic carbocycles. The predicted octanol–water partition coefficient (Wildman–Crippen LogP) is 6.71. The first kappa shape index (κ1) is 29.7. The number of cyclic esters (lactones) is 1. The molecule has 0 spiro atoms. The van der Waals surface area contributed by atoms with Gasteiger partial charge >= 0.3 is 5.97 Å². The van der Waals surface area contributed by atoms with Gasteiger partial charge in [0.25, 0.3) is 10.0 Å². The zero-order valence-corrected chi connectivity index (χ0v) is 25.0. The van der Waals surface area contributed by atoms with Gasteiger partial charge in [-0.25, -0.2) is 23.3 Å². The smallest absolute Gasteiger partial charge is 0.338 e. The lowest BCUT2D eigenvalue weighted by Gasteiger charge is -2.38. The van der Waals surface area contributed by atoms with Crippen molar-refractivity contribution in [3.8, 4) is 10.4 Å². The normalized spacial score (nSPS) is 15.8. The average Bonchev–Trinajstić information content (AvgIpc) is 3.45. The fourth-order valence-corrected chi connectivity index (χ4v) is 7.82. The van der Waals surface area contributed by atoms with Gasteiger partial charge in [-0.3, -0.25) is 0 Å². The first-order chi connectivity index (χ1) is 20.2. The second-order valence-corrected chi connectivity index (χ2v) is 13.1. The zero-order chi connectivity index (χ0) is 29.7. The number of aliphatic hydroxyl groups excluding tert-OH is 1. The number of hydrogen-bond acceptors (Lipinski definition) is 7. The molecular formula is C33H34N2O5S2. The molecule has 42 heavy (non-hydrogen) atoms. The Morgan fingerprint density at radius 2 is 1.45 bits per heavy atom. The molecule has 218 valence electrons. The standard InChI is InChI=1S/C33H34N2O5S2/c1-2-26(30-35-31(42(34,38)39)29(41-30)25-16-10-5-11-17-25)28-27(36)22-33(40-32(28)37,20-18-23-12-6-3-7-13-23)21-19-24-14-8-4-9-15-24/h3-17,26,36H,2,18-22H2,1H3,(H2,34,38,39). The average molecular weight is 603 g/mol. The lowest BCUT2D eigenvalue weighted by Crippen LogP contribution is -2.42. The second kappa shape index (κ2) is 12.6. The monoisotopic (exact) mass is 602 g/mol. The van der Waals surface area contributed by atoms with Crippen LogP contribution in [0.3, 0.4) is 0 Å². The van der Waals surface area contributed by atoms with Crippen molar-refractivity contribution in [2.45, 2.75) is 62.0 Å². The third-order valence-electron chi connectivity index (χ3n) is 7.73. The maximum Gasteiger partial charge on any atom is 0.338 e. The first-order valence-corrected chi connectivity index (χ1v) is 16.4. The number of carbonyl (C=O) groups is 1. The molecule has 0 fully saturated rings. The van der Waals surface area contributed by atoms with E-state index in [2.05, 4.69) is 4.98 Å². The molecule has 1 aliphatic rings. The lowest BCUT2D eigenvalue weighted by atomic mass is 9.81. The van der Waals surface area contributed by atoms with Crippen LogP contribution in [-0.4, -0.2) is 30.1 Å². The number of nitrogens with two attached hydrogens (primary N) is 1. The van der Waals surface area contributed by atoms with E-state index in [1.807, 2.05) is 73.7 Å². The van der Waals surface area contributed by atoms with E-state index < -0.39 is 27.5 Å². The Hall–Kier alpha value is -3.79. The lowest BCUT2D eigenvalue weighted by molar-refractivity contribution is -0.161. The highest BCUT2D eigenvalue weighted by molar-refractivity contribution is 7.89. The largest absolute Gasteiger partial charge is 0.512 e. The molecule has 5 rings (SSSR count). The number of thiazole rings is 1. The minimum absolute atomic E-state index is 0.0344. The molecule has 1 aliphatic heterocycles. The van der Waals surface area contributed by atoms with Gasteiger partial charge in [0, 0.05) is 12.3 Å². The van der Waals surface area contributed by atoms with Gasteiger partial charge in [0.05, 0.1) is 10.5 Å². The van der Waals surface area contributed by atoms with E-state index in [0.717, 1.165) is 22.5 Å². The summed E-state index contributed by atoms with van der Waals surface area (Å²) in [6.07, 6.45) is 3.05. The van der Waals surface area contributed by atoms with Crippen molar-refractivity contribution in [2.75, 3.05) is 0 Å². The number of esters is 1. The van der Waals surface area contributed by atoms with Gasteiger partial charge in [-0.1, -0.05) is 97.9 Å². The van der Waals surface area contributed by atoms with Crippen molar-refractivity contribution in [3.05, 3.63) is 118 Å². The van der Waals surface area contributed by atoms with Crippen molar-refractivity contribution in [1.82, 2.24) is 4.98 Å². The number of ether oxygens (including phenoxy) is 1. The quantitative estimate of drug-likeness (QED) is 0.184. The molecule has 0 saturated carbocycles. The summed E-state index contributed by atoms with van der Waals surface area (Å²) in [5, 5.41) is 17.2. The summed E-state index contributed by atoms with van der Waals surface area (Å²) in [5.74, 6) is -1.28. The zero-order valence-electron chi connectivity index (χ0n) is 23.4. The number of nitrogens with zero attached hydrogens (tertiary/aromatic N) is 1. The summed E-state index contributed by atoms with van der Waals surface area (Å²) >= 11 is 1.16. The number of aliphatic hydroxyl groups is 1. The fraction of sp³-hybridized carbons (Fsp3) is 0.273. The van der Waals surface area contributed by atoms with Crippen LogP contribution >= 0.6 is 11.3 Å². The van der Waals surface area contributed by atoms with Gasteiger partial charge in [0.1, 0.15) is 16.4 Å². The third-order valence-corrected chi connectivity index (χ3v) is 9.91. The van der Waals surface area contributed by atoms with Crippen LogP contribution in [0, 0.1) is 0 Å². The van der Waals surface area contributed by atoms with Crippen LogP contribution in [-0.2, 0) is 32.4 Å². The number of aromatic nitrogens is 1. The van der Waals surface area contributed by atoms with E-state index in [0.29, 0.717) is 47.6 Å². The van der Waals surface area contributed by atoms with Crippen molar-refractivity contribution in [1.29, 1.82) is 0 Å². The van der Waals surface area contributed by atoms with Crippen LogP contribution in [0.5, 0.6) is 0 Å². The van der Waals surface area contributed by atoms with Crippen molar-refractivity contribution < 1.29 is 23.1 Å².